The van der Waals surface area contributed by atoms with E-state index in [0.29, 0.717) is 0 Å². The molecule has 0 aliphatic rings. The molecular formula is C19H17F5O4. The van der Waals surface area contributed by atoms with Crippen LogP contribution in [0.4, 0.5) is 22.0 Å². The Morgan fingerprint density at radius 3 is 2.14 bits per heavy atom. The number of hydrogen-bond acceptors (Lipinski definition) is 3. The summed E-state index contributed by atoms with van der Waals surface area (Å²) in [6.45, 7) is 0. The molecule has 28 heavy (non-hydrogen) atoms. The van der Waals surface area contributed by atoms with Gasteiger partial charge in [0.25, 0.3) is 0 Å². The average molecular weight is 404 g/mol. The topological polar surface area (TPSA) is 77.8 Å². The first-order valence-electron chi connectivity index (χ1n) is 8.13. The standard InChI is InChI=1S/C19H17F5O4/c20-13-6-4-11(5-7-13)15(25)14(17(27)28)9-10-2-1-3-12(8-10)16(26)19(23,24)18(21)22/h1-8,14-16,18,25-26H,9H2,(H,27,28). The summed E-state index contributed by atoms with van der Waals surface area (Å²) >= 11 is 0. The maximum absolute atomic E-state index is 13.4. The minimum absolute atomic E-state index is 0.134. The van der Waals surface area contributed by atoms with Crippen LogP contribution in [0.25, 0.3) is 0 Å². The Morgan fingerprint density at radius 1 is 1.00 bits per heavy atom. The van der Waals surface area contributed by atoms with Crippen LogP contribution in [-0.4, -0.2) is 33.6 Å². The zero-order valence-electron chi connectivity index (χ0n) is 14.3. The Hall–Kier alpha value is -2.52. The molecule has 3 atom stereocenters. The molecule has 0 bridgehead atoms. The summed E-state index contributed by atoms with van der Waals surface area (Å²) in [5.41, 5.74) is -0.243. The Labute approximate surface area is 156 Å². The number of aliphatic hydroxyl groups excluding tert-OH is 2. The van der Waals surface area contributed by atoms with Crippen molar-refractivity contribution in [3.63, 3.8) is 0 Å². The van der Waals surface area contributed by atoms with Gasteiger partial charge in [-0.15, -0.1) is 0 Å². The smallest absolute Gasteiger partial charge is 0.336 e. The van der Waals surface area contributed by atoms with Gasteiger partial charge in [0.05, 0.1) is 12.0 Å². The number of rotatable bonds is 8. The fourth-order valence-electron chi connectivity index (χ4n) is 2.71. The van der Waals surface area contributed by atoms with Crippen molar-refractivity contribution < 1.29 is 42.1 Å². The Kier molecular flexibility index (Phi) is 6.73. The van der Waals surface area contributed by atoms with Crippen molar-refractivity contribution in [2.24, 2.45) is 5.92 Å². The van der Waals surface area contributed by atoms with Crippen LogP contribution >= 0.6 is 0 Å². The predicted octanol–water partition coefficient (Wildman–Crippen LogP) is 3.74. The zero-order valence-corrected chi connectivity index (χ0v) is 14.3. The van der Waals surface area contributed by atoms with E-state index in [9.17, 15) is 42.1 Å². The zero-order chi connectivity index (χ0) is 21.1. The van der Waals surface area contributed by atoms with Gasteiger partial charge in [0.1, 0.15) is 11.9 Å². The third-order valence-corrected chi connectivity index (χ3v) is 4.29. The van der Waals surface area contributed by atoms with Crippen molar-refractivity contribution in [3.05, 3.63) is 71.0 Å². The van der Waals surface area contributed by atoms with Crippen molar-refractivity contribution in [1.82, 2.24) is 0 Å². The molecule has 0 fully saturated rings. The highest BCUT2D eigenvalue weighted by atomic mass is 19.3. The number of benzene rings is 2. The van der Waals surface area contributed by atoms with Gasteiger partial charge in [-0.2, -0.15) is 8.78 Å². The Morgan fingerprint density at radius 2 is 1.61 bits per heavy atom. The summed E-state index contributed by atoms with van der Waals surface area (Å²) in [6, 6.07) is 9.05. The number of alkyl halides is 4. The summed E-state index contributed by atoms with van der Waals surface area (Å²) in [5, 5.41) is 29.3. The summed E-state index contributed by atoms with van der Waals surface area (Å²) in [4.78, 5) is 11.6. The molecule has 0 amide bonds. The number of carboxylic acid groups (broad SMARTS) is 1. The molecule has 0 saturated heterocycles. The molecule has 3 unspecified atom stereocenters. The lowest BCUT2D eigenvalue weighted by Crippen LogP contribution is -2.34. The largest absolute Gasteiger partial charge is 0.481 e. The monoisotopic (exact) mass is 404 g/mol. The first-order valence-corrected chi connectivity index (χ1v) is 8.13. The third-order valence-electron chi connectivity index (χ3n) is 4.29. The second-order valence-corrected chi connectivity index (χ2v) is 6.27. The van der Waals surface area contributed by atoms with E-state index in [1.807, 2.05) is 0 Å². The van der Waals surface area contributed by atoms with E-state index < -0.39 is 47.8 Å². The summed E-state index contributed by atoms with van der Waals surface area (Å²) < 4.78 is 64.6. The van der Waals surface area contributed by atoms with Gasteiger partial charge in [0, 0.05) is 0 Å². The van der Waals surface area contributed by atoms with Gasteiger partial charge in [-0.1, -0.05) is 36.4 Å². The normalized spacial score (nSPS) is 15.3. The molecule has 152 valence electrons. The Balaban J connectivity index is 2.26. The van der Waals surface area contributed by atoms with Crippen molar-refractivity contribution in [2.75, 3.05) is 0 Å². The molecule has 0 heterocycles. The van der Waals surface area contributed by atoms with E-state index in [4.69, 9.17) is 0 Å². The molecular weight excluding hydrogens is 387 g/mol. The molecule has 0 saturated carbocycles. The molecule has 0 aliphatic carbocycles. The third kappa shape index (κ3) is 4.85. The lowest BCUT2D eigenvalue weighted by Gasteiger charge is -2.23. The molecule has 4 nitrogen and oxygen atoms in total. The van der Waals surface area contributed by atoms with E-state index in [1.165, 1.54) is 24.3 Å². The van der Waals surface area contributed by atoms with Gasteiger partial charge >= 0.3 is 18.3 Å². The molecule has 0 radical (unpaired) electrons. The van der Waals surface area contributed by atoms with E-state index in [2.05, 4.69) is 0 Å². The second-order valence-electron chi connectivity index (χ2n) is 6.27. The van der Waals surface area contributed by atoms with E-state index in [1.54, 1.807) is 0 Å². The minimum atomic E-state index is -4.68. The number of carboxylic acids is 1. The van der Waals surface area contributed by atoms with Crippen molar-refractivity contribution in [3.8, 4) is 0 Å². The second kappa shape index (κ2) is 8.66. The number of carbonyl (C=O) groups is 1. The first kappa shape index (κ1) is 21.8. The maximum Gasteiger partial charge on any atom is 0.336 e. The molecule has 0 aromatic heterocycles. The Bertz CT molecular complexity index is 810. The van der Waals surface area contributed by atoms with Crippen LogP contribution in [0.1, 0.15) is 28.9 Å². The highest BCUT2D eigenvalue weighted by Crippen LogP contribution is 2.37. The quantitative estimate of drug-likeness (QED) is 0.586. The van der Waals surface area contributed by atoms with Crippen LogP contribution in [-0.2, 0) is 11.2 Å². The summed E-state index contributed by atoms with van der Waals surface area (Å²) in [5.74, 6) is -8.09. The van der Waals surface area contributed by atoms with Gasteiger partial charge in [-0.25, -0.2) is 13.2 Å². The lowest BCUT2D eigenvalue weighted by molar-refractivity contribution is -0.193. The van der Waals surface area contributed by atoms with Crippen molar-refractivity contribution >= 4 is 5.97 Å². The number of aliphatic hydroxyl groups is 2. The SMILES string of the molecule is O=C(O)C(Cc1cccc(C(O)C(F)(F)C(F)F)c1)C(O)c1ccc(F)cc1. The van der Waals surface area contributed by atoms with E-state index in [0.717, 1.165) is 24.3 Å². The minimum Gasteiger partial charge on any atom is -0.481 e. The van der Waals surface area contributed by atoms with Crippen LogP contribution in [0.3, 0.4) is 0 Å². The van der Waals surface area contributed by atoms with Crippen molar-refractivity contribution in [2.45, 2.75) is 31.0 Å². The highest BCUT2D eigenvalue weighted by Gasteiger charge is 2.48. The first-order chi connectivity index (χ1) is 13.0. The van der Waals surface area contributed by atoms with Gasteiger partial charge in [0.2, 0.25) is 0 Å². The molecule has 0 aliphatic heterocycles. The molecule has 2 aromatic carbocycles. The van der Waals surface area contributed by atoms with Crippen LogP contribution in [0, 0.1) is 11.7 Å². The highest BCUT2D eigenvalue weighted by molar-refractivity contribution is 5.71. The van der Waals surface area contributed by atoms with Crippen molar-refractivity contribution in [1.29, 1.82) is 0 Å². The van der Waals surface area contributed by atoms with E-state index in [-0.39, 0.29) is 17.5 Å². The van der Waals surface area contributed by atoms with Crippen LogP contribution in [0.15, 0.2) is 48.5 Å². The molecule has 0 spiro atoms. The van der Waals surface area contributed by atoms with Crippen LogP contribution < -0.4 is 0 Å². The van der Waals surface area contributed by atoms with Gasteiger partial charge in [-0.05, 0) is 35.2 Å². The van der Waals surface area contributed by atoms with Crippen LogP contribution in [0.5, 0.6) is 0 Å². The molecule has 3 N–H and O–H groups in total. The van der Waals surface area contributed by atoms with Crippen LogP contribution in [0.2, 0.25) is 0 Å². The maximum atomic E-state index is 13.4. The number of aliphatic carboxylic acids is 1. The summed E-state index contributed by atoms with van der Waals surface area (Å²) in [7, 11) is 0. The van der Waals surface area contributed by atoms with Gasteiger partial charge in [0.15, 0.2) is 0 Å². The average Bonchev–Trinajstić information content (AvgIpc) is 2.65. The lowest BCUT2D eigenvalue weighted by atomic mass is 9.89. The number of halogens is 5. The molecule has 2 aromatic rings. The summed E-state index contributed by atoms with van der Waals surface area (Å²) in [6.07, 6.45) is -8.74. The molecule has 9 heteroatoms. The fourth-order valence-corrected chi connectivity index (χ4v) is 2.71. The number of hydrogen-bond donors (Lipinski definition) is 3. The molecule has 2 rings (SSSR count). The fraction of sp³-hybridized carbons (Fsp3) is 0.316. The van der Waals surface area contributed by atoms with Gasteiger partial charge < -0.3 is 15.3 Å². The van der Waals surface area contributed by atoms with Gasteiger partial charge in [-0.3, -0.25) is 4.79 Å². The van der Waals surface area contributed by atoms with E-state index >= 15 is 0 Å². The predicted molar refractivity (Wildman–Crippen MR) is 88.5 cm³/mol.